The fourth-order valence-electron chi connectivity index (χ4n) is 8.77. The van der Waals surface area contributed by atoms with Gasteiger partial charge in [0.1, 0.15) is 11.2 Å². The van der Waals surface area contributed by atoms with E-state index in [0.717, 1.165) is 55.3 Å². The Hall–Kier alpha value is -7.43. The summed E-state index contributed by atoms with van der Waals surface area (Å²) >= 11 is 0. The van der Waals surface area contributed by atoms with E-state index < -0.39 is 0 Å². The van der Waals surface area contributed by atoms with Crippen molar-refractivity contribution >= 4 is 21.9 Å². The molecule has 0 aliphatic heterocycles. The number of aromatic nitrogens is 3. The molecule has 1 aliphatic rings. The van der Waals surface area contributed by atoms with Gasteiger partial charge in [-0.2, -0.15) is 0 Å². The molecule has 0 bridgehead atoms. The molecule has 0 atom stereocenters. The number of benzene rings is 8. The Morgan fingerprint density at radius 1 is 0.345 bits per heavy atom. The molecule has 274 valence electrons. The molecule has 0 amide bonds. The second kappa shape index (κ2) is 13.4. The van der Waals surface area contributed by atoms with Gasteiger partial charge in [-0.25, -0.2) is 15.0 Å². The SMILES string of the molecule is CC1(C)c2ccccc2-c2cc(-c3nc(-c4ccc(-c5ccccc5)cc4)nc(-c4ccc5c(c4)oc4cccc(-c6cccc(-c7ccccc7)c6)c45)n3)ccc21. The number of hydrogen-bond donors (Lipinski definition) is 0. The van der Waals surface area contributed by atoms with Crippen molar-refractivity contribution in [3.8, 4) is 78.7 Å². The molecule has 11 rings (SSSR count). The lowest BCUT2D eigenvalue weighted by Crippen LogP contribution is -2.14. The maximum atomic E-state index is 6.61. The molecule has 58 heavy (non-hydrogen) atoms. The number of rotatable bonds is 6. The first-order valence-electron chi connectivity index (χ1n) is 19.8. The second-order valence-electron chi connectivity index (χ2n) is 15.6. The van der Waals surface area contributed by atoms with Crippen LogP contribution in [0.4, 0.5) is 0 Å². The van der Waals surface area contributed by atoms with Gasteiger partial charge in [0.25, 0.3) is 0 Å². The number of nitrogens with zero attached hydrogens (tertiary/aromatic N) is 3. The molecule has 0 fully saturated rings. The Labute approximate surface area is 337 Å². The van der Waals surface area contributed by atoms with Crippen LogP contribution in [0.3, 0.4) is 0 Å². The van der Waals surface area contributed by atoms with Crippen LogP contribution in [0.25, 0.3) is 101 Å². The minimum Gasteiger partial charge on any atom is -0.456 e. The lowest BCUT2D eigenvalue weighted by Gasteiger charge is -2.21. The number of hydrogen-bond acceptors (Lipinski definition) is 4. The molecule has 0 saturated carbocycles. The highest BCUT2D eigenvalue weighted by Gasteiger charge is 2.35. The maximum Gasteiger partial charge on any atom is 0.164 e. The smallest absolute Gasteiger partial charge is 0.164 e. The summed E-state index contributed by atoms with van der Waals surface area (Å²) in [6.45, 7) is 4.60. The van der Waals surface area contributed by atoms with E-state index in [-0.39, 0.29) is 5.41 Å². The standard InChI is InChI=1S/C54H37N3O/c1-54(2)46-21-10-9-19-43(46)45-32-40(28-30-47(45)54)52-55-51(37-25-23-36(24-26-37)34-13-5-3-6-14-34)56-53(57-52)41-27-29-44-49(33-41)58-48-22-12-20-42(50(44)48)39-18-11-17-38(31-39)35-15-7-4-8-16-35/h3-33H,1-2H3. The Kier molecular flexibility index (Phi) is 7.80. The molecule has 2 aromatic heterocycles. The van der Waals surface area contributed by atoms with Gasteiger partial charge < -0.3 is 4.42 Å². The third-order valence-corrected chi connectivity index (χ3v) is 11.8. The Bertz CT molecular complexity index is 3180. The van der Waals surface area contributed by atoms with Crippen LogP contribution in [0.2, 0.25) is 0 Å². The molecule has 0 N–H and O–H groups in total. The summed E-state index contributed by atoms with van der Waals surface area (Å²) in [4.78, 5) is 15.5. The van der Waals surface area contributed by atoms with E-state index in [9.17, 15) is 0 Å². The van der Waals surface area contributed by atoms with Crippen LogP contribution >= 0.6 is 0 Å². The van der Waals surface area contributed by atoms with Gasteiger partial charge in [-0.1, -0.05) is 172 Å². The minimum absolute atomic E-state index is 0.0903. The normalized spacial score (nSPS) is 12.8. The molecule has 4 nitrogen and oxygen atoms in total. The van der Waals surface area contributed by atoms with Crippen LogP contribution in [0.15, 0.2) is 192 Å². The van der Waals surface area contributed by atoms with Crippen molar-refractivity contribution in [1.82, 2.24) is 15.0 Å². The molecule has 4 heteroatoms. The first-order chi connectivity index (χ1) is 28.5. The summed E-state index contributed by atoms with van der Waals surface area (Å²) in [5.41, 5.74) is 16.3. The maximum absolute atomic E-state index is 6.61. The van der Waals surface area contributed by atoms with E-state index in [4.69, 9.17) is 19.4 Å². The summed E-state index contributed by atoms with van der Waals surface area (Å²) in [5.74, 6) is 1.83. The fraction of sp³-hybridized carbons (Fsp3) is 0.0556. The van der Waals surface area contributed by atoms with Crippen molar-refractivity contribution in [2.75, 3.05) is 0 Å². The van der Waals surface area contributed by atoms with E-state index in [1.54, 1.807) is 0 Å². The molecular weight excluding hydrogens is 707 g/mol. The Morgan fingerprint density at radius 2 is 0.862 bits per heavy atom. The van der Waals surface area contributed by atoms with E-state index in [1.807, 2.05) is 12.1 Å². The van der Waals surface area contributed by atoms with Crippen LogP contribution in [0.5, 0.6) is 0 Å². The Morgan fingerprint density at radius 3 is 1.62 bits per heavy atom. The van der Waals surface area contributed by atoms with E-state index in [1.165, 1.54) is 38.9 Å². The topological polar surface area (TPSA) is 51.8 Å². The summed E-state index contributed by atoms with van der Waals surface area (Å²) < 4.78 is 6.61. The molecule has 8 aromatic carbocycles. The molecule has 0 radical (unpaired) electrons. The predicted molar refractivity (Wildman–Crippen MR) is 237 cm³/mol. The van der Waals surface area contributed by atoms with Crippen molar-refractivity contribution in [1.29, 1.82) is 0 Å². The van der Waals surface area contributed by atoms with Gasteiger partial charge in [0, 0.05) is 32.9 Å². The zero-order valence-corrected chi connectivity index (χ0v) is 32.1. The van der Waals surface area contributed by atoms with E-state index in [0.29, 0.717) is 17.5 Å². The van der Waals surface area contributed by atoms with Crippen LogP contribution in [-0.4, -0.2) is 15.0 Å². The molecular formula is C54H37N3O. The first-order valence-corrected chi connectivity index (χ1v) is 19.8. The first kappa shape index (κ1) is 33.9. The fourth-order valence-corrected chi connectivity index (χ4v) is 8.77. The van der Waals surface area contributed by atoms with Crippen molar-refractivity contribution in [3.05, 3.63) is 199 Å². The quantitative estimate of drug-likeness (QED) is 0.170. The van der Waals surface area contributed by atoms with Crippen molar-refractivity contribution in [3.63, 3.8) is 0 Å². The van der Waals surface area contributed by atoms with Crippen molar-refractivity contribution < 1.29 is 4.42 Å². The largest absolute Gasteiger partial charge is 0.456 e. The highest BCUT2D eigenvalue weighted by molar-refractivity contribution is 6.13. The van der Waals surface area contributed by atoms with Gasteiger partial charge in [0.2, 0.25) is 0 Å². The summed E-state index contributed by atoms with van der Waals surface area (Å²) in [6.07, 6.45) is 0. The van der Waals surface area contributed by atoms with E-state index in [2.05, 4.69) is 190 Å². The summed E-state index contributed by atoms with van der Waals surface area (Å²) in [6, 6.07) is 66.1. The molecule has 10 aromatic rings. The highest BCUT2D eigenvalue weighted by Crippen LogP contribution is 2.49. The second-order valence-corrected chi connectivity index (χ2v) is 15.6. The number of furan rings is 1. The van der Waals surface area contributed by atoms with Crippen molar-refractivity contribution in [2.45, 2.75) is 19.3 Å². The minimum atomic E-state index is -0.0903. The lowest BCUT2D eigenvalue weighted by molar-refractivity contribution is 0.660. The Balaban J connectivity index is 1.04. The van der Waals surface area contributed by atoms with Crippen LogP contribution < -0.4 is 0 Å². The zero-order valence-electron chi connectivity index (χ0n) is 32.1. The third kappa shape index (κ3) is 5.64. The molecule has 2 heterocycles. The monoisotopic (exact) mass is 743 g/mol. The molecule has 1 aliphatic carbocycles. The zero-order chi connectivity index (χ0) is 38.8. The van der Waals surface area contributed by atoms with E-state index >= 15 is 0 Å². The lowest BCUT2D eigenvalue weighted by atomic mass is 9.82. The van der Waals surface area contributed by atoms with Gasteiger partial charge in [0.15, 0.2) is 17.5 Å². The predicted octanol–water partition coefficient (Wildman–Crippen LogP) is 14.1. The summed E-state index contributed by atoms with van der Waals surface area (Å²) in [7, 11) is 0. The van der Waals surface area contributed by atoms with Crippen LogP contribution in [-0.2, 0) is 5.41 Å². The number of fused-ring (bicyclic) bond motifs is 6. The van der Waals surface area contributed by atoms with Gasteiger partial charge in [-0.3, -0.25) is 0 Å². The molecule has 0 spiro atoms. The highest BCUT2D eigenvalue weighted by atomic mass is 16.3. The van der Waals surface area contributed by atoms with Gasteiger partial charge in [-0.15, -0.1) is 0 Å². The average Bonchev–Trinajstić information content (AvgIpc) is 3.78. The van der Waals surface area contributed by atoms with Crippen molar-refractivity contribution in [2.24, 2.45) is 0 Å². The molecule has 0 saturated heterocycles. The van der Waals surface area contributed by atoms with Crippen LogP contribution in [0.1, 0.15) is 25.0 Å². The van der Waals surface area contributed by atoms with Gasteiger partial charge in [0.05, 0.1) is 0 Å². The molecule has 0 unspecified atom stereocenters. The van der Waals surface area contributed by atoms with Crippen LogP contribution in [0, 0.1) is 0 Å². The van der Waals surface area contributed by atoms with Gasteiger partial charge >= 0.3 is 0 Å². The summed E-state index contributed by atoms with van der Waals surface area (Å²) in [5, 5.41) is 2.14. The average molecular weight is 744 g/mol. The van der Waals surface area contributed by atoms with Gasteiger partial charge in [-0.05, 0) is 86.0 Å². The third-order valence-electron chi connectivity index (χ3n) is 11.8.